The van der Waals surface area contributed by atoms with Gasteiger partial charge < -0.3 is 10.7 Å². The zero-order valence-corrected chi connectivity index (χ0v) is 10.1. The fraction of sp³-hybridized carbons (Fsp3) is 0.400. The van der Waals surface area contributed by atoms with Gasteiger partial charge in [0, 0.05) is 37.2 Å². The summed E-state index contributed by atoms with van der Waals surface area (Å²) >= 11 is 1.62. The normalized spacial score (nSPS) is 14.9. The van der Waals surface area contributed by atoms with E-state index >= 15 is 0 Å². The number of hydrogen-bond donors (Lipinski definition) is 2. The summed E-state index contributed by atoms with van der Waals surface area (Å²) in [6.07, 6.45) is 7.39. The van der Waals surface area contributed by atoms with Crippen molar-refractivity contribution in [3.05, 3.63) is 30.4 Å². The molecule has 0 amide bonds. The molecule has 0 aliphatic carbocycles. The molecule has 2 unspecified atom stereocenters. The van der Waals surface area contributed by atoms with Gasteiger partial charge in [-0.2, -0.15) is 5.10 Å². The number of hydrogen-bond acceptors (Lipinski definition) is 4. The number of nitrogens with two attached hydrogens (primary N) is 1. The molecule has 2 aromatic heterocycles. The molecule has 2 aromatic rings. The molecular formula is C10H15N5S. The minimum Gasteiger partial charge on any atom is -0.340 e. The summed E-state index contributed by atoms with van der Waals surface area (Å²) in [5.41, 5.74) is 7.12. The van der Waals surface area contributed by atoms with Gasteiger partial charge in [0.1, 0.15) is 0 Å². The lowest BCUT2D eigenvalue weighted by Gasteiger charge is -2.17. The maximum absolute atomic E-state index is 5.99. The zero-order valence-electron chi connectivity index (χ0n) is 9.29. The lowest BCUT2D eigenvalue weighted by atomic mass is 10.1. The molecule has 16 heavy (non-hydrogen) atoms. The van der Waals surface area contributed by atoms with Gasteiger partial charge in [-0.15, -0.1) is 0 Å². The van der Waals surface area contributed by atoms with Gasteiger partial charge >= 0.3 is 0 Å². The van der Waals surface area contributed by atoms with Crippen molar-refractivity contribution in [2.24, 2.45) is 12.8 Å². The molecule has 0 saturated heterocycles. The minimum atomic E-state index is 0.0410. The highest BCUT2D eigenvalue weighted by Gasteiger charge is 2.20. The summed E-state index contributed by atoms with van der Waals surface area (Å²) in [6.45, 7) is 1.99. The Labute approximate surface area is 98.4 Å². The van der Waals surface area contributed by atoms with Crippen molar-refractivity contribution in [1.82, 2.24) is 19.7 Å². The third-order valence-corrected chi connectivity index (χ3v) is 3.64. The third-order valence-electron chi connectivity index (χ3n) is 2.24. The van der Waals surface area contributed by atoms with Gasteiger partial charge in [-0.25, -0.2) is 4.98 Å². The Morgan fingerprint density at radius 1 is 1.56 bits per heavy atom. The summed E-state index contributed by atoms with van der Waals surface area (Å²) in [4.78, 5) is 7.26. The molecule has 0 bridgehead atoms. The number of H-pyrrole nitrogens is 1. The number of nitrogens with zero attached hydrogens (tertiary/aromatic N) is 3. The lowest BCUT2D eigenvalue weighted by Crippen LogP contribution is -2.22. The van der Waals surface area contributed by atoms with Crippen LogP contribution in [0.2, 0.25) is 0 Å². The van der Waals surface area contributed by atoms with Gasteiger partial charge in [0.15, 0.2) is 5.16 Å². The van der Waals surface area contributed by atoms with E-state index in [1.54, 1.807) is 22.6 Å². The number of aromatic nitrogens is 4. The van der Waals surface area contributed by atoms with E-state index in [2.05, 4.69) is 15.1 Å². The van der Waals surface area contributed by atoms with E-state index in [1.807, 2.05) is 32.6 Å². The van der Waals surface area contributed by atoms with E-state index < -0.39 is 0 Å². The van der Waals surface area contributed by atoms with Crippen LogP contribution in [0.15, 0.2) is 29.9 Å². The lowest BCUT2D eigenvalue weighted by molar-refractivity contribution is 0.716. The number of aromatic amines is 1. The Morgan fingerprint density at radius 2 is 2.38 bits per heavy atom. The molecule has 6 heteroatoms. The Morgan fingerprint density at radius 3 is 2.88 bits per heavy atom. The van der Waals surface area contributed by atoms with Gasteiger partial charge in [-0.3, -0.25) is 4.68 Å². The second-order valence-corrected chi connectivity index (χ2v) is 4.87. The summed E-state index contributed by atoms with van der Waals surface area (Å²) < 4.78 is 1.79. The number of aryl methyl sites for hydroxylation is 1. The van der Waals surface area contributed by atoms with Crippen LogP contribution in [-0.2, 0) is 7.05 Å². The fourth-order valence-electron chi connectivity index (χ4n) is 1.50. The van der Waals surface area contributed by atoms with E-state index in [0.29, 0.717) is 0 Å². The predicted octanol–water partition coefficient (Wildman–Crippen LogP) is 1.32. The van der Waals surface area contributed by atoms with E-state index in [9.17, 15) is 0 Å². The highest BCUT2D eigenvalue weighted by molar-refractivity contribution is 7.99. The molecule has 0 aliphatic rings. The molecular weight excluding hydrogens is 222 g/mol. The zero-order chi connectivity index (χ0) is 11.5. The predicted molar refractivity (Wildman–Crippen MR) is 64.0 cm³/mol. The molecule has 5 nitrogen and oxygen atoms in total. The van der Waals surface area contributed by atoms with Crippen molar-refractivity contribution in [1.29, 1.82) is 0 Å². The molecule has 2 atom stereocenters. The van der Waals surface area contributed by atoms with Gasteiger partial charge in [-0.05, 0) is 6.92 Å². The van der Waals surface area contributed by atoms with Crippen molar-refractivity contribution < 1.29 is 0 Å². The highest BCUT2D eigenvalue weighted by atomic mass is 32.2. The van der Waals surface area contributed by atoms with Crippen LogP contribution in [0, 0.1) is 0 Å². The first-order chi connectivity index (χ1) is 7.66. The maximum Gasteiger partial charge on any atom is 0.165 e. The average Bonchev–Trinajstić information content (AvgIpc) is 2.84. The van der Waals surface area contributed by atoms with E-state index in [0.717, 1.165) is 10.7 Å². The monoisotopic (exact) mass is 237 g/mol. The maximum atomic E-state index is 5.99. The van der Waals surface area contributed by atoms with Gasteiger partial charge in [0.2, 0.25) is 0 Å². The van der Waals surface area contributed by atoms with Crippen molar-refractivity contribution in [2.45, 2.75) is 23.4 Å². The highest BCUT2D eigenvalue weighted by Crippen LogP contribution is 2.34. The first kappa shape index (κ1) is 11.2. The summed E-state index contributed by atoms with van der Waals surface area (Å²) in [6, 6.07) is 0.0410. The van der Waals surface area contributed by atoms with Crippen LogP contribution in [0.1, 0.15) is 17.7 Å². The average molecular weight is 237 g/mol. The molecule has 0 aromatic carbocycles. The van der Waals surface area contributed by atoms with Crippen LogP contribution in [-0.4, -0.2) is 25.8 Å². The molecule has 0 fully saturated rings. The number of thioether (sulfide) groups is 1. The summed E-state index contributed by atoms with van der Waals surface area (Å²) in [7, 11) is 1.90. The van der Waals surface area contributed by atoms with Gasteiger partial charge in [0.05, 0.1) is 11.4 Å². The Hall–Kier alpha value is -1.27. The second-order valence-electron chi connectivity index (χ2n) is 3.74. The Bertz CT molecular complexity index is 434. The Balaban J connectivity index is 2.18. The molecule has 0 radical (unpaired) electrons. The SMILES string of the molecule is CC(N)C(Sc1ncc[nH]1)c1cnn(C)c1. The number of nitrogens with one attached hydrogen (secondary N) is 1. The van der Waals surface area contributed by atoms with Crippen LogP contribution in [0.25, 0.3) is 0 Å². The van der Waals surface area contributed by atoms with Crippen molar-refractivity contribution in [3.8, 4) is 0 Å². The standard InChI is InChI=1S/C10H15N5S/c1-7(11)9(8-5-14-15(2)6-8)16-10-12-3-4-13-10/h3-7,9H,11H2,1-2H3,(H,12,13). The Kier molecular flexibility index (Phi) is 3.31. The van der Waals surface area contributed by atoms with Crippen LogP contribution in [0.4, 0.5) is 0 Å². The van der Waals surface area contributed by atoms with Crippen molar-refractivity contribution in [2.75, 3.05) is 0 Å². The molecule has 86 valence electrons. The largest absolute Gasteiger partial charge is 0.340 e. The summed E-state index contributed by atoms with van der Waals surface area (Å²) in [5, 5.41) is 5.21. The van der Waals surface area contributed by atoms with E-state index in [4.69, 9.17) is 5.73 Å². The van der Waals surface area contributed by atoms with E-state index in [-0.39, 0.29) is 11.3 Å². The van der Waals surface area contributed by atoms with E-state index in [1.165, 1.54) is 0 Å². The first-order valence-electron chi connectivity index (χ1n) is 5.07. The smallest absolute Gasteiger partial charge is 0.165 e. The third kappa shape index (κ3) is 2.45. The van der Waals surface area contributed by atoms with Crippen LogP contribution in [0.5, 0.6) is 0 Å². The van der Waals surface area contributed by atoms with Crippen LogP contribution >= 0.6 is 11.8 Å². The fourth-order valence-corrected chi connectivity index (χ4v) is 2.47. The molecule has 0 spiro atoms. The molecule has 0 aliphatic heterocycles. The summed E-state index contributed by atoms with van der Waals surface area (Å²) in [5.74, 6) is 0. The van der Waals surface area contributed by atoms with Crippen LogP contribution in [0.3, 0.4) is 0 Å². The number of rotatable bonds is 4. The van der Waals surface area contributed by atoms with Crippen LogP contribution < -0.4 is 5.73 Å². The van der Waals surface area contributed by atoms with Crippen molar-refractivity contribution >= 4 is 11.8 Å². The van der Waals surface area contributed by atoms with Gasteiger partial charge in [0.25, 0.3) is 0 Å². The molecule has 2 heterocycles. The molecule has 3 N–H and O–H groups in total. The molecule has 2 rings (SSSR count). The first-order valence-corrected chi connectivity index (χ1v) is 5.95. The quantitative estimate of drug-likeness (QED) is 0.787. The second kappa shape index (κ2) is 4.71. The topological polar surface area (TPSA) is 72.5 Å². The van der Waals surface area contributed by atoms with Crippen molar-refractivity contribution in [3.63, 3.8) is 0 Å². The minimum absolute atomic E-state index is 0.0410. The molecule has 0 saturated carbocycles. The van der Waals surface area contributed by atoms with Gasteiger partial charge in [-0.1, -0.05) is 11.8 Å². The number of imidazole rings is 1.